The number of nitrogens with zero attached hydrogens (tertiary/aromatic N) is 1. The Kier molecular flexibility index (Phi) is 5.10. The fraction of sp³-hybridized carbons (Fsp3) is 0.389. The summed E-state index contributed by atoms with van der Waals surface area (Å²) in [5.74, 6) is 1.71. The number of ether oxygens (including phenoxy) is 2. The van der Waals surface area contributed by atoms with Crippen LogP contribution in [0.5, 0.6) is 11.5 Å². The lowest BCUT2D eigenvalue weighted by atomic mass is 9.97. The van der Waals surface area contributed by atoms with Crippen LogP contribution in [-0.4, -0.2) is 31.7 Å². The van der Waals surface area contributed by atoms with Gasteiger partial charge in [-0.1, -0.05) is 13.0 Å². The molecule has 1 aromatic carbocycles. The van der Waals surface area contributed by atoms with E-state index >= 15 is 0 Å². The lowest BCUT2D eigenvalue weighted by Gasteiger charge is -2.21. The second-order valence-electron chi connectivity index (χ2n) is 5.47. The molecule has 0 radical (unpaired) electrons. The number of aromatic nitrogens is 1. The van der Waals surface area contributed by atoms with Gasteiger partial charge in [0, 0.05) is 24.8 Å². The fourth-order valence-corrected chi connectivity index (χ4v) is 2.86. The van der Waals surface area contributed by atoms with Crippen LogP contribution in [-0.2, 0) is 6.61 Å². The van der Waals surface area contributed by atoms with E-state index in [-0.39, 0.29) is 6.04 Å². The molecule has 5 nitrogen and oxygen atoms in total. The van der Waals surface area contributed by atoms with Crippen LogP contribution in [0.2, 0.25) is 0 Å². The predicted octanol–water partition coefficient (Wildman–Crippen LogP) is 2.27. The molecule has 2 heterocycles. The molecular weight excluding hydrogens is 290 g/mol. The highest BCUT2D eigenvalue weighted by atomic mass is 16.5. The molecule has 1 unspecified atom stereocenters. The van der Waals surface area contributed by atoms with Gasteiger partial charge in [0.05, 0.1) is 18.8 Å². The first-order valence-corrected chi connectivity index (χ1v) is 8.02. The molecule has 3 rings (SSSR count). The highest BCUT2D eigenvalue weighted by Gasteiger charge is 2.25. The second-order valence-corrected chi connectivity index (χ2v) is 5.47. The Morgan fingerprint density at radius 2 is 2.17 bits per heavy atom. The van der Waals surface area contributed by atoms with E-state index in [1.165, 1.54) is 0 Å². The molecule has 0 saturated carbocycles. The Balaban J connectivity index is 1.96. The van der Waals surface area contributed by atoms with E-state index < -0.39 is 0 Å². The zero-order chi connectivity index (χ0) is 16.1. The van der Waals surface area contributed by atoms with Gasteiger partial charge in [-0.15, -0.1) is 0 Å². The van der Waals surface area contributed by atoms with Crippen LogP contribution in [0.25, 0.3) is 0 Å². The van der Waals surface area contributed by atoms with Gasteiger partial charge in [-0.05, 0) is 36.4 Å². The molecule has 23 heavy (non-hydrogen) atoms. The molecule has 5 heteroatoms. The largest absolute Gasteiger partial charge is 0.497 e. The van der Waals surface area contributed by atoms with Gasteiger partial charge in [0.15, 0.2) is 0 Å². The van der Waals surface area contributed by atoms with Crippen molar-refractivity contribution in [3.8, 4) is 11.5 Å². The minimum atomic E-state index is 0.0463. The summed E-state index contributed by atoms with van der Waals surface area (Å²) in [6, 6.07) is 10.1. The highest BCUT2D eigenvalue weighted by molar-refractivity contribution is 5.48. The van der Waals surface area contributed by atoms with Crippen molar-refractivity contribution in [2.45, 2.75) is 19.6 Å². The first kappa shape index (κ1) is 15.8. The maximum absolute atomic E-state index is 5.96. The maximum atomic E-state index is 5.96. The summed E-state index contributed by atoms with van der Waals surface area (Å²) >= 11 is 0. The number of benzene rings is 1. The smallest absolute Gasteiger partial charge is 0.131 e. The van der Waals surface area contributed by atoms with Gasteiger partial charge in [-0.3, -0.25) is 4.98 Å². The van der Waals surface area contributed by atoms with Gasteiger partial charge >= 0.3 is 0 Å². The summed E-state index contributed by atoms with van der Waals surface area (Å²) in [5, 5.41) is 6.96. The number of hydrogen-bond acceptors (Lipinski definition) is 5. The first-order chi connectivity index (χ1) is 11.3. The van der Waals surface area contributed by atoms with Crippen molar-refractivity contribution >= 4 is 0 Å². The highest BCUT2D eigenvalue weighted by Crippen LogP contribution is 2.37. The fourth-order valence-electron chi connectivity index (χ4n) is 2.86. The van der Waals surface area contributed by atoms with E-state index in [4.69, 9.17) is 9.47 Å². The van der Waals surface area contributed by atoms with Crippen molar-refractivity contribution in [3.05, 3.63) is 53.3 Å². The minimum absolute atomic E-state index is 0.0463. The molecule has 1 aliphatic rings. The number of fused-ring (bicyclic) bond motifs is 2. The van der Waals surface area contributed by atoms with Gasteiger partial charge < -0.3 is 20.1 Å². The summed E-state index contributed by atoms with van der Waals surface area (Å²) in [4.78, 5) is 4.49. The zero-order valence-electron chi connectivity index (χ0n) is 13.6. The Hall–Kier alpha value is -2.11. The summed E-state index contributed by atoms with van der Waals surface area (Å²) in [7, 11) is 1.68. The lowest BCUT2D eigenvalue weighted by Crippen LogP contribution is -2.31. The van der Waals surface area contributed by atoms with Gasteiger partial charge in [0.2, 0.25) is 0 Å². The summed E-state index contributed by atoms with van der Waals surface area (Å²) < 4.78 is 11.3. The molecule has 0 aliphatic carbocycles. The van der Waals surface area contributed by atoms with Gasteiger partial charge in [-0.25, -0.2) is 0 Å². The SMILES string of the molecule is CCNCCNC1c2cc(OC)ccc2OCc2ncccc21. The lowest BCUT2D eigenvalue weighted by molar-refractivity contribution is 0.301. The van der Waals surface area contributed by atoms with Crippen LogP contribution in [0.15, 0.2) is 36.5 Å². The van der Waals surface area contributed by atoms with Crippen LogP contribution in [0.3, 0.4) is 0 Å². The van der Waals surface area contributed by atoms with E-state index in [1.54, 1.807) is 7.11 Å². The summed E-state index contributed by atoms with van der Waals surface area (Å²) in [5.41, 5.74) is 3.23. The second kappa shape index (κ2) is 7.44. The molecule has 0 amide bonds. The van der Waals surface area contributed by atoms with Gasteiger partial charge in [0.1, 0.15) is 18.1 Å². The van der Waals surface area contributed by atoms with Gasteiger partial charge in [-0.2, -0.15) is 0 Å². The van der Waals surface area contributed by atoms with E-state index in [2.05, 4.69) is 28.6 Å². The third kappa shape index (κ3) is 3.46. The molecule has 122 valence electrons. The number of pyridine rings is 1. The summed E-state index contributed by atoms with van der Waals surface area (Å²) in [6.07, 6.45) is 1.81. The molecule has 2 aromatic rings. The Labute approximate surface area is 137 Å². The molecule has 0 saturated heterocycles. The first-order valence-electron chi connectivity index (χ1n) is 8.02. The minimum Gasteiger partial charge on any atom is -0.497 e. The topological polar surface area (TPSA) is 55.4 Å². The van der Waals surface area contributed by atoms with E-state index in [0.29, 0.717) is 6.61 Å². The van der Waals surface area contributed by atoms with Crippen molar-refractivity contribution in [1.82, 2.24) is 15.6 Å². The molecule has 0 bridgehead atoms. The average molecular weight is 313 g/mol. The summed E-state index contributed by atoms with van der Waals surface area (Å²) in [6.45, 7) is 5.35. The van der Waals surface area contributed by atoms with Crippen LogP contribution >= 0.6 is 0 Å². The predicted molar refractivity (Wildman–Crippen MR) is 90.0 cm³/mol. The van der Waals surface area contributed by atoms with Crippen molar-refractivity contribution in [2.75, 3.05) is 26.7 Å². The Bertz CT molecular complexity index is 660. The maximum Gasteiger partial charge on any atom is 0.131 e. The third-order valence-electron chi connectivity index (χ3n) is 4.03. The standard InChI is InChI=1S/C18H23N3O2/c1-3-19-9-10-21-18-14-5-4-8-20-16(14)12-23-17-7-6-13(22-2)11-15(17)18/h4-8,11,18-19,21H,3,9-10,12H2,1-2H3. The molecule has 1 aromatic heterocycles. The third-order valence-corrected chi connectivity index (χ3v) is 4.03. The Morgan fingerprint density at radius 3 is 3.00 bits per heavy atom. The van der Waals surface area contributed by atoms with Crippen molar-refractivity contribution in [3.63, 3.8) is 0 Å². The van der Waals surface area contributed by atoms with Crippen molar-refractivity contribution in [1.29, 1.82) is 0 Å². The Morgan fingerprint density at radius 1 is 1.26 bits per heavy atom. The van der Waals surface area contributed by atoms with Crippen LogP contribution in [0.1, 0.15) is 29.8 Å². The number of rotatable bonds is 6. The van der Waals surface area contributed by atoms with Crippen LogP contribution < -0.4 is 20.1 Å². The van der Waals surface area contributed by atoms with Crippen LogP contribution in [0, 0.1) is 0 Å². The number of hydrogen-bond donors (Lipinski definition) is 2. The average Bonchev–Trinajstić information content (AvgIpc) is 2.75. The van der Waals surface area contributed by atoms with Crippen molar-refractivity contribution in [2.24, 2.45) is 0 Å². The zero-order valence-corrected chi connectivity index (χ0v) is 13.6. The number of likely N-dealkylation sites (N-methyl/N-ethyl adjacent to an activating group) is 1. The van der Waals surface area contributed by atoms with Gasteiger partial charge in [0.25, 0.3) is 0 Å². The quantitative estimate of drug-likeness (QED) is 0.801. The molecule has 1 aliphatic heterocycles. The number of nitrogens with one attached hydrogen (secondary N) is 2. The molecule has 0 fully saturated rings. The van der Waals surface area contributed by atoms with E-state index in [1.807, 2.05) is 30.5 Å². The monoisotopic (exact) mass is 313 g/mol. The van der Waals surface area contributed by atoms with E-state index in [9.17, 15) is 0 Å². The van der Waals surface area contributed by atoms with Crippen LogP contribution in [0.4, 0.5) is 0 Å². The molecule has 2 N–H and O–H groups in total. The molecule has 1 atom stereocenters. The van der Waals surface area contributed by atoms with E-state index in [0.717, 1.165) is 48.0 Å². The normalized spacial score (nSPS) is 16.0. The molecule has 0 spiro atoms. The molecular formula is C18H23N3O2. The van der Waals surface area contributed by atoms with Crippen molar-refractivity contribution < 1.29 is 9.47 Å². The number of methoxy groups -OCH3 is 1.